The molecule has 0 heterocycles. The first kappa shape index (κ1) is 13.3. The number of hydrogen-bond acceptors (Lipinski definition) is 1. The maximum Gasteiger partial charge on any atom is 0.206 e. The Balaban J connectivity index is 2.79. The van der Waals surface area contributed by atoms with Gasteiger partial charge in [-0.2, -0.15) is 0 Å². The van der Waals surface area contributed by atoms with Crippen molar-refractivity contribution in [3.63, 3.8) is 0 Å². The van der Waals surface area contributed by atoms with Gasteiger partial charge >= 0.3 is 0 Å². The van der Waals surface area contributed by atoms with Gasteiger partial charge in [-0.25, -0.2) is 0 Å². The van der Waals surface area contributed by atoms with Gasteiger partial charge in [0, 0.05) is 11.3 Å². The van der Waals surface area contributed by atoms with Crippen molar-refractivity contribution in [1.82, 2.24) is 0 Å². The molecule has 3 heteroatoms. The van der Waals surface area contributed by atoms with Gasteiger partial charge < -0.3 is 4.89 Å². The van der Waals surface area contributed by atoms with Gasteiger partial charge in [-0.15, -0.1) is 0 Å². The van der Waals surface area contributed by atoms with E-state index in [-0.39, 0.29) is 5.16 Å². The molecule has 15 heavy (non-hydrogen) atoms. The largest absolute Gasteiger partial charge is 0.344 e. The Labute approximate surface area is 93.9 Å². The predicted octanol–water partition coefficient (Wildman–Crippen LogP) is 4.17. The highest BCUT2D eigenvalue weighted by molar-refractivity contribution is 7.59. The van der Waals surface area contributed by atoms with Gasteiger partial charge in [0.1, 0.15) is 0 Å². The van der Waals surface area contributed by atoms with E-state index in [1.807, 2.05) is 6.92 Å². The van der Waals surface area contributed by atoms with Crippen LogP contribution in [0.2, 0.25) is 0 Å². The number of unbranched alkanes of at least 4 members (excludes halogenated alkanes) is 1. The third-order valence-corrected chi connectivity index (χ3v) is 6.96. The van der Waals surface area contributed by atoms with Crippen molar-refractivity contribution in [1.29, 1.82) is 0 Å². The molecule has 2 nitrogen and oxygen atoms in total. The summed E-state index contributed by atoms with van der Waals surface area (Å²) >= 11 is 0. The Hall–Kier alpha value is 0.190. The molecule has 0 amide bonds. The quantitative estimate of drug-likeness (QED) is 0.722. The second-order valence-corrected chi connectivity index (χ2v) is 7.89. The van der Waals surface area contributed by atoms with Crippen molar-refractivity contribution in [2.45, 2.75) is 70.4 Å². The zero-order valence-electron chi connectivity index (χ0n) is 10.2. The van der Waals surface area contributed by atoms with E-state index in [0.29, 0.717) is 6.16 Å². The van der Waals surface area contributed by atoms with E-state index in [0.717, 1.165) is 44.9 Å². The normalized spacial score (nSPS) is 24.7. The first-order chi connectivity index (χ1) is 7.08. The molecular formula is C12H25O2P. The molecular weight excluding hydrogens is 207 g/mol. The lowest BCUT2D eigenvalue weighted by Crippen LogP contribution is -2.32. The average molecular weight is 232 g/mol. The summed E-state index contributed by atoms with van der Waals surface area (Å²) in [6.45, 7) is 4.02. The van der Waals surface area contributed by atoms with E-state index in [1.54, 1.807) is 0 Å². The average Bonchev–Trinajstić information content (AvgIpc) is 2.27. The van der Waals surface area contributed by atoms with Crippen molar-refractivity contribution in [3.05, 3.63) is 0 Å². The molecule has 0 spiro atoms. The minimum atomic E-state index is -2.91. The van der Waals surface area contributed by atoms with E-state index in [2.05, 4.69) is 6.92 Å². The lowest BCUT2D eigenvalue weighted by atomic mass is 9.84. The molecule has 1 aliphatic rings. The Morgan fingerprint density at radius 2 is 1.80 bits per heavy atom. The molecule has 1 rings (SSSR count). The Morgan fingerprint density at radius 1 is 1.20 bits per heavy atom. The maximum atomic E-state index is 12.3. The second-order valence-electron chi connectivity index (χ2n) is 4.91. The summed E-state index contributed by atoms with van der Waals surface area (Å²) in [6.07, 6.45) is 9.15. The molecule has 0 aromatic carbocycles. The summed E-state index contributed by atoms with van der Waals surface area (Å²) in [5.41, 5.74) is 0. The van der Waals surface area contributed by atoms with Crippen LogP contribution < -0.4 is 0 Å². The minimum absolute atomic E-state index is 0.212. The van der Waals surface area contributed by atoms with E-state index in [4.69, 9.17) is 0 Å². The Kier molecular flexibility index (Phi) is 4.86. The van der Waals surface area contributed by atoms with Crippen LogP contribution in [0.15, 0.2) is 0 Å². The minimum Gasteiger partial charge on any atom is -0.344 e. The molecule has 90 valence electrons. The van der Waals surface area contributed by atoms with E-state index in [1.165, 1.54) is 6.42 Å². The smallest absolute Gasteiger partial charge is 0.206 e. The molecule has 0 radical (unpaired) electrons. The van der Waals surface area contributed by atoms with Crippen molar-refractivity contribution >= 4 is 7.37 Å². The highest BCUT2D eigenvalue weighted by Crippen LogP contribution is 2.62. The van der Waals surface area contributed by atoms with Crippen LogP contribution in [0.3, 0.4) is 0 Å². The van der Waals surface area contributed by atoms with Crippen molar-refractivity contribution in [2.24, 2.45) is 0 Å². The zero-order valence-corrected chi connectivity index (χ0v) is 11.1. The van der Waals surface area contributed by atoms with E-state index < -0.39 is 7.37 Å². The Bertz CT molecular complexity index is 232. The SMILES string of the molecule is CCCCC1(P(=O)(O)CC)CCCCC1. The fourth-order valence-electron chi connectivity index (χ4n) is 2.83. The molecule has 1 N–H and O–H groups in total. The summed E-state index contributed by atoms with van der Waals surface area (Å²) in [5, 5.41) is -0.212. The summed E-state index contributed by atoms with van der Waals surface area (Å²) in [6, 6.07) is 0. The lowest BCUT2D eigenvalue weighted by molar-refractivity contribution is 0.315. The van der Waals surface area contributed by atoms with Crippen LogP contribution in [-0.4, -0.2) is 16.2 Å². The molecule has 1 fully saturated rings. The molecule has 1 aliphatic carbocycles. The van der Waals surface area contributed by atoms with Crippen LogP contribution in [0.25, 0.3) is 0 Å². The van der Waals surface area contributed by atoms with Crippen LogP contribution in [0.1, 0.15) is 65.2 Å². The summed E-state index contributed by atoms with van der Waals surface area (Å²) in [7, 11) is -2.91. The lowest BCUT2D eigenvalue weighted by Gasteiger charge is -2.40. The summed E-state index contributed by atoms with van der Waals surface area (Å²) in [5.74, 6) is 0. The third-order valence-electron chi connectivity index (χ3n) is 3.95. The Morgan fingerprint density at radius 3 is 2.27 bits per heavy atom. The van der Waals surface area contributed by atoms with Crippen LogP contribution in [-0.2, 0) is 4.57 Å². The van der Waals surface area contributed by atoms with Crippen molar-refractivity contribution in [2.75, 3.05) is 6.16 Å². The summed E-state index contributed by atoms with van der Waals surface area (Å²) in [4.78, 5) is 10.2. The zero-order chi connectivity index (χ0) is 11.4. The maximum absolute atomic E-state index is 12.3. The van der Waals surface area contributed by atoms with Gasteiger partial charge in [-0.3, -0.25) is 4.57 Å². The standard InChI is InChI=1S/C12H25O2P/c1-3-5-9-12(15(13,14)4-2)10-7-6-8-11-12/h3-11H2,1-2H3,(H,13,14). The molecule has 0 aromatic rings. The van der Waals surface area contributed by atoms with Crippen LogP contribution in [0, 0.1) is 0 Å². The van der Waals surface area contributed by atoms with Gasteiger partial charge in [0.25, 0.3) is 0 Å². The van der Waals surface area contributed by atoms with Gasteiger partial charge in [0.2, 0.25) is 7.37 Å². The molecule has 0 saturated heterocycles. The van der Waals surface area contributed by atoms with Gasteiger partial charge in [0.05, 0.1) is 0 Å². The third kappa shape index (κ3) is 2.85. The van der Waals surface area contributed by atoms with Crippen LogP contribution in [0.5, 0.6) is 0 Å². The van der Waals surface area contributed by atoms with Gasteiger partial charge in [-0.1, -0.05) is 46.0 Å². The number of hydrogen-bond donors (Lipinski definition) is 1. The van der Waals surface area contributed by atoms with Crippen LogP contribution in [0.4, 0.5) is 0 Å². The first-order valence-corrected chi connectivity index (χ1v) is 8.24. The molecule has 0 aliphatic heterocycles. The monoisotopic (exact) mass is 232 g/mol. The van der Waals surface area contributed by atoms with Crippen molar-refractivity contribution in [3.8, 4) is 0 Å². The van der Waals surface area contributed by atoms with Crippen LogP contribution >= 0.6 is 7.37 Å². The number of rotatable bonds is 5. The topological polar surface area (TPSA) is 37.3 Å². The van der Waals surface area contributed by atoms with Gasteiger partial charge in [-0.05, 0) is 19.3 Å². The first-order valence-electron chi connectivity index (χ1n) is 6.40. The molecule has 0 aromatic heterocycles. The highest BCUT2D eigenvalue weighted by atomic mass is 31.2. The fourth-order valence-corrected chi connectivity index (χ4v) is 5.02. The summed E-state index contributed by atoms with van der Waals surface area (Å²) < 4.78 is 12.3. The predicted molar refractivity (Wildman–Crippen MR) is 65.7 cm³/mol. The van der Waals surface area contributed by atoms with E-state index >= 15 is 0 Å². The highest BCUT2D eigenvalue weighted by Gasteiger charge is 2.45. The van der Waals surface area contributed by atoms with Gasteiger partial charge in [0.15, 0.2) is 0 Å². The fraction of sp³-hybridized carbons (Fsp3) is 1.00. The second kappa shape index (κ2) is 5.50. The van der Waals surface area contributed by atoms with E-state index in [9.17, 15) is 9.46 Å². The molecule has 1 unspecified atom stereocenters. The molecule has 0 bridgehead atoms. The molecule has 1 saturated carbocycles. The molecule has 1 atom stereocenters. The van der Waals surface area contributed by atoms with Crippen molar-refractivity contribution < 1.29 is 9.46 Å².